The Morgan fingerprint density at radius 2 is 1.77 bits per heavy atom. The average molecular weight is 330 g/mol. The molecule has 0 heterocycles. The van der Waals surface area contributed by atoms with Gasteiger partial charge in [-0.2, -0.15) is 0 Å². The summed E-state index contributed by atoms with van der Waals surface area (Å²) in [7, 11) is -1.81. The van der Waals surface area contributed by atoms with E-state index in [1.165, 1.54) is 0 Å². The summed E-state index contributed by atoms with van der Waals surface area (Å²) in [5.41, 5.74) is 0. The van der Waals surface area contributed by atoms with Gasteiger partial charge >= 0.3 is 0 Å². The first-order valence-electron chi connectivity index (χ1n) is 4.39. The van der Waals surface area contributed by atoms with Gasteiger partial charge in [0, 0.05) is 5.33 Å². The predicted molar refractivity (Wildman–Crippen MR) is 68.7 cm³/mol. The van der Waals surface area contributed by atoms with E-state index in [4.69, 9.17) is 0 Å². The summed E-state index contributed by atoms with van der Waals surface area (Å²) in [6.45, 7) is 10.8. The molecule has 78 valence electrons. The Morgan fingerprint density at radius 3 is 2.00 bits per heavy atom. The fourth-order valence-electron chi connectivity index (χ4n) is 0.831. The van der Waals surface area contributed by atoms with Crippen LogP contribution in [-0.4, -0.2) is 23.6 Å². The molecule has 0 aromatic rings. The zero-order valence-electron chi connectivity index (χ0n) is 8.95. The van der Waals surface area contributed by atoms with Crippen molar-refractivity contribution in [2.75, 3.05) is 5.33 Å². The van der Waals surface area contributed by atoms with E-state index in [1.807, 2.05) is 0 Å². The predicted octanol–water partition coefficient (Wildman–Crippen LogP) is 3.76. The fourth-order valence-corrected chi connectivity index (χ4v) is 4.77. The van der Waals surface area contributed by atoms with Crippen LogP contribution in [0.1, 0.15) is 20.8 Å². The molecule has 0 aromatic heterocycles. The summed E-state index contributed by atoms with van der Waals surface area (Å²) in [6.07, 6.45) is 0. The fraction of sp³-hybridized carbons (Fsp3) is 0.889. The van der Waals surface area contributed by atoms with Crippen LogP contribution in [0.3, 0.4) is 0 Å². The maximum atomic E-state index is 12.0. The number of alkyl halides is 2. The van der Waals surface area contributed by atoms with Crippen molar-refractivity contribution in [1.29, 1.82) is 0 Å². The number of hydrogen-bond acceptors (Lipinski definition) is 1. The molecule has 1 nitrogen and oxygen atoms in total. The number of carbonyl (C=O) groups is 1. The molecule has 0 rings (SSSR count). The SMILES string of the molecule is CC(C)(C)[Si](C)(C)C(=O)C(Br)CBr. The topological polar surface area (TPSA) is 17.1 Å². The Balaban J connectivity index is 4.75. The molecule has 0 fully saturated rings. The second-order valence-corrected chi connectivity index (χ2v) is 11.9. The summed E-state index contributed by atoms with van der Waals surface area (Å²) in [5, 5.41) is 1.24. The minimum atomic E-state index is -1.81. The van der Waals surface area contributed by atoms with Crippen LogP contribution in [0.15, 0.2) is 0 Å². The van der Waals surface area contributed by atoms with E-state index >= 15 is 0 Å². The molecule has 0 spiro atoms. The highest BCUT2D eigenvalue weighted by molar-refractivity contribution is 9.12. The summed E-state index contributed by atoms with van der Waals surface area (Å²) < 4.78 is 0. The first-order chi connectivity index (χ1) is 5.64. The standard InChI is InChI=1S/C9H18Br2OSi/c1-9(2,3)13(4,5)8(12)7(11)6-10/h7H,6H2,1-5H3. The van der Waals surface area contributed by atoms with Gasteiger partial charge in [-0.1, -0.05) is 65.7 Å². The lowest BCUT2D eigenvalue weighted by atomic mass is 10.2. The highest BCUT2D eigenvalue weighted by Gasteiger charge is 2.43. The molecule has 0 aromatic carbocycles. The van der Waals surface area contributed by atoms with E-state index in [9.17, 15) is 4.79 Å². The molecule has 13 heavy (non-hydrogen) atoms. The maximum absolute atomic E-state index is 12.0. The molecular weight excluding hydrogens is 312 g/mol. The molecule has 1 unspecified atom stereocenters. The van der Waals surface area contributed by atoms with Gasteiger partial charge in [-0.25, -0.2) is 0 Å². The van der Waals surface area contributed by atoms with Crippen LogP contribution in [0.4, 0.5) is 0 Å². The number of rotatable bonds is 3. The zero-order chi connectivity index (χ0) is 10.9. The molecule has 0 bridgehead atoms. The lowest BCUT2D eigenvalue weighted by Crippen LogP contribution is -2.50. The molecular formula is C9H18Br2OSi. The van der Waals surface area contributed by atoms with Crippen LogP contribution in [0.25, 0.3) is 0 Å². The third-order valence-electron chi connectivity index (χ3n) is 2.91. The largest absolute Gasteiger partial charge is 0.304 e. The lowest BCUT2D eigenvalue weighted by Gasteiger charge is -2.36. The van der Waals surface area contributed by atoms with Crippen LogP contribution in [0, 0.1) is 0 Å². The van der Waals surface area contributed by atoms with E-state index in [1.54, 1.807) is 0 Å². The Bertz CT molecular complexity index is 196. The van der Waals surface area contributed by atoms with Crippen molar-refractivity contribution in [3.8, 4) is 0 Å². The molecule has 0 aliphatic rings. The first-order valence-corrected chi connectivity index (χ1v) is 9.42. The number of hydrogen-bond donors (Lipinski definition) is 0. The normalized spacial score (nSPS) is 15.6. The number of halogens is 2. The van der Waals surface area contributed by atoms with Gasteiger partial charge in [-0.15, -0.1) is 0 Å². The Labute approximate surface area is 98.9 Å². The van der Waals surface area contributed by atoms with Gasteiger partial charge in [0.15, 0.2) is 0 Å². The van der Waals surface area contributed by atoms with Crippen molar-refractivity contribution in [1.82, 2.24) is 0 Å². The highest BCUT2D eigenvalue weighted by Crippen LogP contribution is 2.37. The summed E-state index contributed by atoms with van der Waals surface area (Å²) >= 11 is 6.74. The maximum Gasteiger partial charge on any atom is 0.133 e. The van der Waals surface area contributed by atoms with Gasteiger partial charge in [0.05, 0.1) is 4.83 Å². The summed E-state index contributed by atoms with van der Waals surface area (Å²) in [5.74, 6) is 0. The Kier molecular flexibility index (Phi) is 4.88. The van der Waals surface area contributed by atoms with Crippen molar-refractivity contribution in [2.45, 2.75) is 43.7 Å². The number of carbonyl (C=O) groups excluding carboxylic acids is 1. The van der Waals surface area contributed by atoms with E-state index in [-0.39, 0.29) is 9.87 Å². The van der Waals surface area contributed by atoms with Gasteiger partial charge in [0.1, 0.15) is 13.5 Å². The van der Waals surface area contributed by atoms with Crippen molar-refractivity contribution in [3.05, 3.63) is 0 Å². The lowest BCUT2D eigenvalue weighted by molar-refractivity contribution is -0.112. The van der Waals surface area contributed by atoms with Crippen molar-refractivity contribution in [2.24, 2.45) is 0 Å². The van der Waals surface area contributed by atoms with Gasteiger partial charge in [-0.3, -0.25) is 0 Å². The molecule has 0 aliphatic heterocycles. The Morgan fingerprint density at radius 1 is 1.38 bits per heavy atom. The van der Waals surface area contributed by atoms with Gasteiger partial charge in [0.25, 0.3) is 0 Å². The molecule has 0 N–H and O–H groups in total. The van der Waals surface area contributed by atoms with Crippen LogP contribution >= 0.6 is 31.9 Å². The summed E-state index contributed by atoms with van der Waals surface area (Å²) in [6, 6.07) is 0. The van der Waals surface area contributed by atoms with Crippen molar-refractivity contribution < 1.29 is 4.79 Å². The van der Waals surface area contributed by atoms with Gasteiger partial charge in [0.2, 0.25) is 0 Å². The van der Waals surface area contributed by atoms with Crippen LogP contribution < -0.4 is 0 Å². The molecule has 0 amide bonds. The van der Waals surface area contributed by atoms with Crippen LogP contribution in [0.5, 0.6) is 0 Å². The van der Waals surface area contributed by atoms with Crippen LogP contribution in [0.2, 0.25) is 18.1 Å². The monoisotopic (exact) mass is 328 g/mol. The zero-order valence-corrected chi connectivity index (χ0v) is 13.1. The van der Waals surface area contributed by atoms with Crippen molar-refractivity contribution in [3.63, 3.8) is 0 Å². The van der Waals surface area contributed by atoms with E-state index < -0.39 is 8.07 Å². The minimum Gasteiger partial charge on any atom is -0.304 e. The molecule has 1 atom stereocenters. The summed E-state index contributed by atoms with van der Waals surface area (Å²) in [4.78, 5) is 12.0. The van der Waals surface area contributed by atoms with E-state index in [0.717, 1.165) is 0 Å². The minimum absolute atomic E-state index is 0.0200. The average Bonchev–Trinajstić information content (AvgIpc) is 1.99. The Hall–Kier alpha value is 0.847. The second kappa shape index (κ2) is 4.58. The second-order valence-electron chi connectivity index (χ2n) is 4.86. The molecule has 0 saturated carbocycles. The van der Waals surface area contributed by atoms with Crippen LogP contribution in [-0.2, 0) is 4.79 Å². The van der Waals surface area contributed by atoms with Crippen molar-refractivity contribution >= 4 is 45.3 Å². The molecule has 4 heteroatoms. The van der Waals surface area contributed by atoms with Gasteiger partial charge in [-0.05, 0) is 5.04 Å². The first kappa shape index (κ1) is 13.8. The molecule has 0 radical (unpaired) electrons. The quantitative estimate of drug-likeness (QED) is 0.569. The molecule has 0 aliphatic carbocycles. The van der Waals surface area contributed by atoms with E-state index in [2.05, 4.69) is 65.7 Å². The highest BCUT2D eigenvalue weighted by atomic mass is 79.9. The smallest absolute Gasteiger partial charge is 0.133 e. The third-order valence-corrected chi connectivity index (χ3v) is 10.9. The third kappa shape index (κ3) is 3.17. The van der Waals surface area contributed by atoms with E-state index in [0.29, 0.717) is 10.7 Å². The molecule has 0 saturated heterocycles. The van der Waals surface area contributed by atoms with Gasteiger partial charge < -0.3 is 4.79 Å².